The van der Waals surface area contributed by atoms with Crippen LogP contribution in [0.2, 0.25) is 0 Å². The molecule has 0 aliphatic carbocycles. The Morgan fingerprint density at radius 3 is 1.67 bits per heavy atom. The summed E-state index contributed by atoms with van der Waals surface area (Å²) in [4.78, 5) is 56.9. The van der Waals surface area contributed by atoms with Gasteiger partial charge in [-0.05, 0) is 0 Å². The number of hydrogen-bond donors (Lipinski definition) is 0. The number of carbonyl (C=O) groups is 5. The van der Waals surface area contributed by atoms with E-state index in [9.17, 15) is 24.0 Å². The van der Waals surface area contributed by atoms with Crippen LogP contribution in [0.1, 0.15) is 27.7 Å². The van der Waals surface area contributed by atoms with Gasteiger partial charge in [-0.3, -0.25) is 24.0 Å². The molecule has 0 bridgehead atoms. The zero-order valence-corrected chi connectivity index (χ0v) is 15.9. The summed E-state index contributed by atoms with van der Waals surface area (Å²) in [5, 5.41) is 0. The molecular formula is C14H19IO9. The molecule has 136 valence electrons. The SMILES string of the molecule is CC(=O)OCC(=O)[C@@H](OC(C)=O)[C@H](OC(C)=O)[C@@H](CI)OC(C)=O. The highest BCUT2D eigenvalue weighted by Crippen LogP contribution is 2.17. The Morgan fingerprint density at radius 1 is 0.792 bits per heavy atom. The average Bonchev–Trinajstić information content (AvgIpc) is 2.45. The van der Waals surface area contributed by atoms with Crippen molar-refractivity contribution in [2.45, 2.75) is 46.0 Å². The minimum absolute atomic E-state index is 0.161. The van der Waals surface area contributed by atoms with E-state index in [0.29, 0.717) is 0 Å². The highest BCUT2D eigenvalue weighted by atomic mass is 127. The summed E-state index contributed by atoms with van der Waals surface area (Å²) in [6.45, 7) is 3.71. The van der Waals surface area contributed by atoms with Crippen LogP contribution in [-0.2, 0) is 42.9 Å². The summed E-state index contributed by atoms with van der Waals surface area (Å²) in [5.74, 6) is -3.77. The lowest BCUT2D eigenvalue weighted by Crippen LogP contribution is -2.50. The highest BCUT2D eigenvalue weighted by molar-refractivity contribution is 14.1. The maximum Gasteiger partial charge on any atom is 0.303 e. The number of rotatable bonds is 9. The molecule has 0 saturated heterocycles. The number of Topliss-reactive ketones (excluding diaryl/α,β-unsaturated/α-hetero) is 1. The largest absolute Gasteiger partial charge is 0.458 e. The highest BCUT2D eigenvalue weighted by Gasteiger charge is 2.41. The molecule has 0 unspecified atom stereocenters. The van der Waals surface area contributed by atoms with E-state index in [1.165, 1.54) is 0 Å². The van der Waals surface area contributed by atoms with Crippen molar-refractivity contribution in [2.75, 3.05) is 11.0 Å². The van der Waals surface area contributed by atoms with Crippen LogP contribution in [-0.4, -0.2) is 59.0 Å². The second kappa shape index (κ2) is 10.9. The van der Waals surface area contributed by atoms with Gasteiger partial charge in [-0.15, -0.1) is 0 Å². The Balaban J connectivity index is 5.55. The minimum Gasteiger partial charge on any atom is -0.458 e. The van der Waals surface area contributed by atoms with Crippen molar-refractivity contribution in [3.63, 3.8) is 0 Å². The average molecular weight is 458 g/mol. The van der Waals surface area contributed by atoms with E-state index in [-0.39, 0.29) is 4.43 Å². The van der Waals surface area contributed by atoms with Crippen LogP contribution < -0.4 is 0 Å². The molecule has 0 aliphatic heterocycles. The second-order valence-electron chi connectivity index (χ2n) is 4.65. The smallest absolute Gasteiger partial charge is 0.303 e. The third kappa shape index (κ3) is 8.79. The lowest BCUT2D eigenvalue weighted by Gasteiger charge is -2.30. The number of ketones is 1. The van der Waals surface area contributed by atoms with Crippen molar-refractivity contribution in [3.8, 4) is 0 Å². The zero-order chi connectivity index (χ0) is 18.9. The third-order valence-corrected chi connectivity index (χ3v) is 3.33. The van der Waals surface area contributed by atoms with Crippen molar-refractivity contribution >= 4 is 52.3 Å². The molecule has 0 amide bonds. The predicted molar refractivity (Wildman–Crippen MR) is 87.2 cm³/mol. The number of halogens is 1. The first-order valence-electron chi connectivity index (χ1n) is 6.82. The van der Waals surface area contributed by atoms with E-state index < -0.39 is 54.6 Å². The maximum atomic E-state index is 12.2. The Morgan fingerprint density at radius 2 is 1.29 bits per heavy atom. The van der Waals surface area contributed by atoms with E-state index >= 15 is 0 Å². The molecule has 0 aromatic carbocycles. The van der Waals surface area contributed by atoms with E-state index in [4.69, 9.17) is 14.2 Å². The number of ether oxygens (including phenoxy) is 4. The lowest BCUT2D eigenvalue weighted by atomic mass is 10.0. The fraction of sp³-hybridized carbons (Fsp3) is 0.643. The van der Waals surface area contributed by atoms with E-state index in [2.05, 4.69) is 4.74 Å². The van der Waals surface area contributed by atoms with E-state index in [1.807, 2.05) is 22.6 Å². The summed E-state index contributed by atoms with van der Waals surface area (Å²) >= 11 is 1.86. The molecule has 0 N–H and O–H groups in total. The standard InChI is InChI=1S/C14H19IO9/c1-7(16)21-6-11(20)13(23-9(3)18)14(24-10(4)19)12(5-15)22-8(2)17/h12-14H,5-6H2,1-4H3/t12-,13-,14-/m1/s1. The van der Waals surface area contributed by atoms with Crippen molar-refractivity contribution in [1.29, 1.82) is 0 Å². The molecule has 0 radical (unpaired) electrons. The normalized spacial score (nSPS) is 13.9. The van der Waals surface area contributed by atoms with E-state index in [1.54, 1.807) is 0 Å². The molecule has 0 saturated carbocycles. The molecular weight excluding hydrogens is 439 g/mol. The Kier molecular flexibility index (Phi) is 10.2. The number of alkyl halides is 1. The number of hydrogen-bond acceptors (Lipinski definition) is 9. The monoisotopic (exact) mass is 458 g/mol. The second-order valence-corrected chi connectivity index (χ2v) is 5.53. The van der Waals surface area contributed by atoms with Crippen molar-refractivity contribution in [2.24, 2.45) is 0 Å². The quantitative estimate of drug-likeness (QED) is 0.209. The summed E-state index contributed by atoms with van der Waals surface area (Å²) in [7, 11) is 0. The van der Waals surface area contributed by atoms with Gasteiger partial charge in [0.2, 0.25) is 11.9 Å². The third-order valence-electron chi connectivity index (χ3n) is 2.46. The van der Waals surface area contributed by atoms with Crippen LogP contribution in [0.3, 0.4) is 0 Å². The molecule has 24 heavy (non-hydrogen) atoms. The Hall–Kier alpha value is -1.72. The molecule has 0 aliphatic rings. The molecule has 0 aromatic heterocycles. The van der Waals surface area contributed by atoms with Gasteiger partial charge < -0.3 is 18.9 Å². The van der Waals surface area contributed by atoms with Gasteiger partial charge in [0.1, 0.15) is 0 Å². The van der Waals surface area contributed by atoms with Crippen molar-refractivity contribution in [1.82, 2.24) is 0 Å². The van der Waals surface area contributed by atoms with Gasteiger partial charge in [-0.2, -0.15) is 0 Å². The molecule has 0 heterocycles. The first-order valence-corrected chi connectivity index (χ1v) is 8.34. The van der Waals surface area contributed by atoms with Gasteiger partial charge >= 0.3 is 23.9 Å². The Bertz CT molecular complexity index is 502. The van der Waals surface area contributed by atoms with E-state index in [0.717, 1.165) is 27.7 Å². The topological polar surface area (TPSA) is 122 Å². The van der Waals surface area contributed by atoms with Crippen molar-refractivity contribution in [3.05, 3.63) is 0 Å². The van der Waals surface area contributed by atoms with Crippen LogP contribution in [0.5, 0.6) is 0 Å². The fourth-order valence-electron chi connectivity index (χ4n) is 1.67. The molecule has 0 fully saturated rings. The van der Waals surface area contributed by atoms with Gasteiger partial charge in [0.05, 0.1) is 0 Å². The first kappa shape index (κ1) is 22.3. The number of esters is 4. The lowest BCUT2D eigenvalue weighted by molar-refractivity contribution is -0.184. The zero-order valence-electron chi connectivity index (χ0n) is 13.7. The molecule has 10 heteroatoms. The van der Waals surface area contributed by atoms with Gasteiger partial charge in [-0.1, -0.05) is 22.6 Å². The van der Waals surface area contributed by atoms with Crippen LogP contribution in [0.4, 0.5) is 0 Å². The molecule has 0 spiro atoms. The number of carbonyl (C=O) groups excluding carboxylic acids is 5. The summed E-state index contributed by atoms with van der Waals surface area (Å²) in [6, 6.07) is 0. The van der Waals surface area contributed by atoms with Crippen LogP contribution in [0, 0.1) is 0 Å². The summed E-state index contributed by atoms with van der Waals surface area (Å²) in [5.41, 5.74) is 0. The summed E-state index contributed by atoms with van der Waals surface area (Å²) in [6.07, 6.45) is -3.97. The van der Waals surface area contributed by atoms with Crippen molar-refractivity contribution < 1.29 is 42.9 Å². The van der Waals surface area contributed by atoms with Gasteiger partial charge in [-0.25, -0.2) is 0 Å². The van der Waals surface area contributed by atoms with Gasteiger partial charge in [0.25, 0.3) is 0 Å². The molecule has 3 atom stereocenters. The fourth-order valence-corrected chi connectivity index (χ4v) is 2.35. The van der Waals surface area contributed by atoms with Gasteiger partial charge in [0, 0.05) is 32.1 Å². The minimum atomic E-state index is -1.58. The van der Waals surface area contributed by atoms with Crippen LogP contribution in [0.15, 0.2) is 0 Å². The molecule has 0 aromatic rings. The summed E-state index contributed by atoms with van der Waals surface area (Å²) < 4.78 is 19.7. The molecule has 9 nitrogen and oxygen atoms in total. The van der Waals surface area contributed by atoms with Crippen LogP contribution in [0.25, 0.3) is 0 Å². The first-order chi connectivity index (χ1) is 11.1. The maximum absolute atomic E-state index is 12.2. The molecule has 0 rings (SSSR count). The van der Waals surface area contributed by atoms with Gasteiger partial charge in [0.15, 0.2) is 18.8 Å². The van der Waals surface area contributed by atoms with Crippen LogP contribution >= 0.6 is 22.6 Å². The Labute approximate surface area is 152 Å². The predicted octanol–water partition coefficient (Wildman–Crippen LogP) is 0.349.